The number of carbonyl (C=O) groups excluding carboxylic acids is 1. The normalized spacial score (nSPS) is 10.3. The second-order valence-corrected chi connectivity index (χ2v) is 6.75. The summed E-state index contributed by atoms with van der Waals surface area (Å²) < 4.78 is 6.67. The maximum absolute atomic E-state index is 12.2. The largest absolute Gasteiger partial charge is 0.489 e. The van der Waals surface area contributed by atoms with Gasteiger partial charge in [0.15, 0.2) is 0 Å². The Morgan fingerprint density at radius 3 is 2.20 bits per heavy atom. The number of halogens is 2. The van der Waals surface area contributed by atoms with Crippen molar-refractivity contribution >= 4 is 39.1 Å². The van der Waals surface area contributed by atoms with Crippen LogP contribution in [-0.2, 0) is 6.61 Å². The lowest BCUT2D eigenvalue weighted by Crippen LogP contribution is -2.11. The molecule has 3 aromatic carbocycles. The molecule has 0 fully saturated rings. The number of ether oxygens (including phenoxy) is 1. The van der Waals surface area contributed by atoms with Gasteiger partial charge in [0.05, 0.1) is 0 Å². The zero-order valence-electron chi connectivity index (χ0n) is 13.2. The van der Waals surface area contributed by atoms with Crippen molar-refractivity contribution in [3.63, 3.8) is 0 Å². The third-order valence-corrected chi connectivity index (χ3v) is 4.32. The maximum atomic E-state index is 12.2. The van der Waals surface area contributed by atoms with Crippen molar-refractivity contribution in [2.45, 2.75) is 6.61 Å². The molecule has 3 nitrogen and oxygen atoms in total. The Morgan fingerprint density at radius 2 is 1.56 bits per heavy atom. The second-order valence-electron chi connectivity index (χ2n) is 5.40. The van der Waals surface area contributed by atoms with E-state index in [1.165, 1.54) is 0 Å². The molecule has 0 saturated carbocycles. The van der Waals surface area contributed by atoms with Gasteiger partial charge in [0, 0.05) is 20.7 Å². The molecule has 0 aromatic heterocycles. The molecule has 25 heavy (non-hydrogen) atoms. The number of anilines is 1. The van der Waals surface area contributed by atoms with E-state index in [9.17, 15) is 4.79 Å². The van der Waals surface area contributed by atoms with E-state index in [1.807, 2.05) is 60.7 Å². The summed E-state index contributed by atoms with van der Waals surface area (Å²) in [7, 11) is 0. The molecule has 5 heteroatoms. The SMILES string of the molecule is O=C(Nc1ccc(OCc2ccc(Cl)cc2)cc1)c1ccc(Br)cc1. The van der Waals surface area contributed by atoms with E-state index in [2.05, 4.69) is 21.2 Å². The van der Waals surface area contributed by atoms with Crippen molar-refractivity contribution in [2.75, 3.05) is 5.32 Å². The molecule has 0 unspecified atom stereocenters. The van der Waals surface area contributed by atoms with Crippen molar-refractivity contribution in [2.24, 2.45) is 0 Å². The average Bonchev–Trinajstić information content (AvgIpc) is 2.63. The summed E-state index contributed by atoms with van der Waals surface area (Å²) in [4.78, 5) is 12.2. The number of rotatable bonds is 5. The van der Waals surface area contributed by atoms with Gasteiger partial charge in [-0.25, -0.2) is 0 Å². The van der Waals surface area contributed by atoms with Crippen LogP contribution in [0.2, 0.25) is 5.02 Å². The molecule has 0 aliphatic rings. The number of carbonyl (C=O) groups is 1. The molecule has 0 saturated heterocycles. The fraction of sp³-hybridized carbons (Fsp3) is 0.0500. The minimum atomic E-state index is -0.151. The molecule has 0 bridgehead atoms. The highest BCUT2D eigenvalue weighted by atomic mass is 79.9. The zero-order chi connectivity index (χ0) is 17.6. The Kier molecular flexibility index (Phi) is 5.74. The van der Waals surface area contributed by atoms with Crippen LogP contribution < -0.4 is 10.1 Å². The fourth-order valence-electron chi connectivity index (χ4n) is 2.19. The van der Waals surface area contributed by atoms with E-state index >= 15 is 0 Å². The summed E-state index contributed by atoms with van der Waals surface area (Å²) in [6, 6.07) is 22.0. The fourth-order valence-corrected chi connectivity index (χ4v) is 2.58. The first-order valence-corrected chi connectivity index (χ1v) is 8.81. The highest BCUT2D eigenvalue weighted by Gasteiger charge is 2.06. The van der Waals surface area contributed by atoms with Crippen molar-refractivity contribution in [3.8, 4) is 5.75 Å². The first-order valence-electron chi connectivity index (χ1n) is 7.64. The van der Waals surface area contributed by atoms with Crippen LogP contribution in [-0.4, -0.2) is 5.91 Å². The number of hydrogen-bond donors (Lipinski definition) is 1. The predicted molar refractivity (Wildman–Crippen MR) is 104 cm³/mol. The van der Waals surface area contributed by atoms with Gasteiger partial charge in [-0.2, -0.15) is 0 Å². The first-order chi connectivity index (χ1) is 12.1. The molecule has 0 aliphatic heterocycles. The van der Waals surface area contributed by atoms with E-state index in [0.717, 1.165) is 15.8 Å². The molecule has 0 heterocycles. The summed E-state index contributed by atoms with van der Waals surface area (Å²) in [5.74, 6) is 0.582. The summed E-state index contributed by atoms with van der Waals surface area (Å²) >= 11 is 9.21. The molecule has 0 spiro atoms. The second kappa shape index (κ2) is 8.19. The van der Waals surface area contributed by atoms with Gasteiger partial charge in [0.2, 0.25) is 0 Å². The first kappa shape index (κ1) is 17.5. The molecule has 3 aromatic rings. The Bertz CT molecular complexity index is 846. The van der Waals surface area contributed by atoms with Gasteiger partial charge in [0.25, 0.3) is 5.91 Å². The van der Waals surface area contributed by atoms with Gasteiger partial charge in [0.1, 0.15) is 12.4 Å². The van der Waals surface area contributed by atoms with E-state index in [4.69, 9.17) is 16.3 Å². The van der Waals surface area contributed by atoms with Crippen LogP contribution in [0, 0.1) is 0 Å². The average molecular weight is 417 g/mol. The molecular formula is C20H15BrClNO2. The number of benzene rings is 3. The molecule has 126 valence electrons. The standard InChI is InChI=1S/C20H15BrClNO2/c21-16-5-3-15(4-6-16)20(24)23-18-9-11-19(12-10-18)25-13-14-1-7-17(22)8-2-14/h1-12H,13H2,(H,23,24). The quantitative estimate of drug-likeness (QED) is 0.559. The number of amides is 1. The molecule has 0 aliphatic carbocycles. The molecular weight excluding hydrogens is 402 g/mol. The summed E-state index contributed by atoms with van der Waals surface area (Å²) in [5.41, 5.74) is 2.36. The van der Waals surface area contributed by atoms with Crippen LogP contribution in [0.5, 0.6) is 5.75 Å². The van der Waals surface area contributed by atoms with Crippen LogP contribution in [0.25, 0.3) is 0 Å². The Morgan fingerprint density at radius 1 is 0.920 bits per heavy atom. The molecule has 1 amide bonds. The smallest absolute Gasteiger partial charge is 0.255 e. The van der Waals surface area contributed by atoms with Crippen LogP contribution in [0.3, 0.4) is 0 Å². The Hall–Kier alpha value is -2.30. The highest BCUT2D eigenvalue weighted by molar-refractivity contribution is 9.10. The molecule has 3 rings (SSSR count). The minimum Gasteiger partial charge on any atom is -0.489 e. The van der Waals surface area contributed by atoms with Crippen molar-refractivity contribution in [1.29, 1.82) is 0 Å². The van der Waals surface area contributed by atoms with Crippen molar-refractivity contribution in [3.05, 3.63) is 93.4 Å². The minimum absolute atomic E-state index is 0.151. The molecule has 0 atom stereocenters. The number of nitrogens with one attached hydrogen (secondary N) is 1. The summed E-state index contributed by atoms with van der Waals surface area (Å²) in [5, 5.41) is 3.56. The van der Waals surface area contributed by atoms with Crippen LogP contribution >= 0.6 is 27.5 Å². The van der Waals surface area contributed by atoms with E-state index in [0.29, 0.717) is 22.9 Å². The van der Waals surface area contributed by atoms with Crippen LogP contribution in [0.1, 0.15) is 15.9 Å². The summed E-state index contributed by atoms with van der Waals surface area (Å²) in [6.45, 7) is 0.460. The van der Waals surface area contributed by atoms with Crippen LogP contribution in [0.4, 0.5) is 5.69 Å². The maximum Gasteiger partial charge on any atom is 0.255 e. The lowest BCUT2D eigenvalue weighted by Gasteiger charge is -2.09. The van der Waals surface area contributed by atoms with Gasteiger partial charge >= 0.3 is 0 Å². The van der Waals surface area contributed by atoms with E-state index in [-0.39, 0.29) is 5.91 Å². The zero-order valence-corrected chi connectivity index (χ0v) is 15.5. The lowest BCUT2D eigenvalue weighted by molar-refractivity contribution is 0.102. The van der Waals surface area contributed by atoms with Gasteiger partial charge in [-0.05, 0) is 66.2 Å². The van der Waals surface area contributed by atoms with E-state index < -0.39 is 0 Å². The third kappa shape index (κ3) is 5.08. The van der Waals surface area contributed by atoms with E-state index in [1.54, 1.807) is 12.1 Å². The molecule has 0 radical (unpaired) electrons. The van der Waals surface area contributed by atoms with Gasteiger partial charge < -0.3 is 10.1 Å². The van der Waals surface area contributed by atoms with Gasteiger partial charge in [-0.15, -0.1) is 0 Å². The highest BCUT2D eigenvalue weighted by Crippen LogP contribution is 2.19. The molecule has 1 N–H and O–H groups in total. The monoisotopic (exact) mass is 415 g/mol. The third-order valence-electron chi connectivity index (χ3n) is 3.54. The van der Waals surface area contributed by atoms with Gasteiger partial charge in [-0.1, -0.05) is 39.7 Å². The predicted octanol–water partition coefficient (Wildman–Crippen LogP) is 5.93. The van der Waals surface area contributed by atoms with Crippen molar-refractivity contribution in [1.82, 2.24) is 0 Å². The Labute approximate surface area is 159 Å². The summed E-state index contributed by atoms with van der Waals surface area (Å²) in [6.07, 6.45) is 0. The van der Waals surface area contributed by atoms with Crippen LogP contribution in [0.15, 0.2) is 77.3 Å². The Balaban J connectivity index is 1.57. The van der Waals surface area contributed by atoms with Gasteiger partial charge in [-0.3, -0.25) is 4.79 Å². The number of hydrogen-bond acceptors (Lipinski definition) is 2. The topological polar surface area (TPSA) is 38.3 Å². The lowest BCUT2D eigenvalue weighted by atomic mass is 10.2. The van der Waals surface area contributed by atoms with Crippen molar-refractivity contribution < 1.29 is 9.53 Å².